The molecule has 2 aliphatic rings. The summed E-state index contributed by atoms with van der Waals surface area (Å²) in [7, 11) is 0. The van der Waals surface area contributed by atoms with Gasteiger partial charge in [-0.05, 0) is 32.1 Å². The van der Waals surface area contributed by atoms with Crippen LogP contribution in [0.4, 0.5) is 0 Å². The zero-order valence-electron chi connectivity index (χ0n) is 7.10. The van der Waals surface area contributed by atoms with Gasteiger partial charge in [0, 0.05) is 5.41 Å². The number of allylic oxidation sites excluding steroid dienone is 2. The summed E-state index contributed by atoms with van der Waals surface area (Å²) in [6, 6.07) is 0. The van der Waals surface area contributed by atoms with Crippen molar-refractivity contribution in [3.8, 4) is 0 Å². The number of nitrogens with one attached hydrogen (secondary N) is 1. The SMILES string of the molecule is N=C1CCCC2(CC=CC2)C1=O. The van der Waals surface area contributed by atoms with E-state index in [1.165, 1.54) is 0 Å². The molecule has 1 saturated carbocycles. The van der Waals surface area contributed by atoms with Gasteiger partial charge >= 0.3 is 0 Å². The number of hydrogen-bond donors (Lipinski definition) is 1. The molecule has 2 aliphatic carbocycles. The summed E-state index contributed by atoms with van der Waals surface area (Å²) in [5, 5.41) is 7.51. The molecule has 1 N–H and O–H groups in total. The summed E-state index contributed by atoms with van der Waals surface area (Å²) >= 11 is 0. The Morgan fingerprint density at radius 1 is 1.33 bits per heavy atom. The lowest BCUT2D eigenvalue weighted by atomic mass is 9.70. The van der Waals surface area contributed by atoms with E-state index in [0.29, 0.717) is 12.1 Å². The highest BCUT2D eigenvalue weighted by Gasteiger charge is 2.42. The normalized spacial score (nSPS) is 27.0. The molecule has 0 unspecified atom stereocenters. The van der Waals surface area contributed by atoms with Gasteiger partial charge in [0.05, 0.1) is 5.71 Å². The van der Waals surface area contributed by atoms with Crippen molar-refractivity contribution in [1.82, 2.24) is 0 Å². The second-order valence-corrected chi connectivity index (χ2v) is 3.82. The highest BCUT2D eigenvalue weighted by Crippen LogP contribution is 2.42. The van der Waals surface area contributed by atoms with Crippen LogP contribution in [0.2, 0.25) is 0 Å². The topological polar surface area (TPSA) is 40.9 Å². The van der Waals surface area contributed by atoms with Crippen LogP contribution in [-0.4, -0.2) is 11.5 Å². The summed E-state index contributed by atoms with van der Waals surface area (Å²) in [5.41, 5.74) is 0.181. The number of Topliss-reactive ketones (excluding diaryl/α,β-unsaturated/α-hetero) is 1. The van der Waals surface area contributed by atoms with Crippen LogP contribution < -0.4 is 0 Å². The minimum atomic E-state index is -0.171. The number of ketones is 1. The molecule has 0 bridgehead atoms. The molecule has 0 aromatic carbocycles. The van der Waals surface area contributed by atoms with Crippen LogP contribution in [0.25, 0.3) is 0 Å². The van der Waals surface area contributed by atoms with Gasteiger partial charge < -0.3 is 5.41 Å². The zero-order chi connectivity index (χ0) is 8.60. The average Bonchev–Trinajstić information content (AvgIpc) is 2.50. The quantitative estimate of drug-likeness (QED) is 0.546. The minimum Gasteiger partial charge on any atom is -0.302 e. The van der Waals surface area contributed by atoms with Gasteiger partial charge in [-0.3, -0.25) is 4.79 Å². The average molecular weight is 163 g/mol. The van der Waals surface area contributed by atoms with E-state index in [4.69, 9.17) is 5.41 Å². The van der Waals surface area contributed by atoms with E-state index in [2.05, 4.69) is 12.2 Å². The lowest BCUT2D eigenvalue weighted by Gasteiger charge is -2.31. The van der Waals surface area contributed by atoms with Crippen LogP contribution in [0.15, 0.2) is 12.2 Å². The van der Waals surface area contributed by atoms with Crippen LogP contribution in [-0.2, 0) is 4.79 Å². The second-order valence-electron chi connectivity index (χ2n) is 3.82. The first-order chi connectivity index (χ1) is 5.75. The van der Waals surface area contributed by atoms with E-state index in [1.54, 1.807) is 0 Å². The Hall–Kier alpha value is -0.920. The first-order valence-corrected chi connectivity index (χ1v) is 4.52. The lowest BCUT2D eigenvalue weighted by molar-refractivity contribution is -0.122. The van der Waals surface area contributed by atoms with Crippen molar-refractivity contribution >= 4 is 11.5 Å². The van der Waals surface area contributed by atoms with Gasteiger partial charge in [-0.15, -0.1) is 0 Å². The largest absolute Gasteiger partial charge is 0.302 e. The van der Waals surface area contributed by atoms with Crippen molar-refractivity contribution in [2.75, 3.05) is 0 Å². The van der Waals surface area contributed by atoms with Crippen molar-refractivity contribution < 1.29 is 4.79 Å². The molecule has 2 rings (SSSR count). The van der Waals surface area contributed by atoms with E-state index in [-0.39, 0.29) is 11.2 Å². The second kappa shape index (κ2) is 2.54. The molecule has 0 aromatic rings. The fourth-order valence-corrected chi connectivity index (χ4v) is 2.24. The van der Waals surface area contributed by atoms with Crippen molar-refractivity contribution in [1.29, 1.82) is 5.41 Å². The van der Waals surface area contributed by atoms with Crippen LogP contribution in [0.3, 0.4) is 0 Å². The molecule has 2 nitrogen and oxygen atoms in total. The van der Waals surface area contributed by atoms with Gasteiger partial charge in [0.2, 0.25) is 0 Å². The molecule has 0 amide bonds. The van der Waals surface area contributed by atoms with Crippen LogP contribution in [0, 0.1) is 10.8 Å². The predicted octanol–water partition coefficient (Wildman–Crippen LogP) is 2.10. The monoisotopic (exact) mass is 163 g/mol. The molecule has 12 heavy (non-hydrogen) atoms. The molecular weight excluding hydrogens is 150 g/mol. The van der Waals surface area contributed by atoms with Gasteiger partial charge in [0.15, 0.2) is 5.78 Å². The van der Waals surface area contributed by atoms with Crippen LogP contribution in [0.5, 0.6) is 0 Å². The third-order valence-electron chi connectivity index (χ3n) is 3.02. The third kappa shape index (κ3) is 0.942. The maximum Gasteiger partial charge on any atom is 0.183 e. The van der Waals surface area contributed by atoms with Crippen molar-refractivity contribution in [3.05, 3.63) is 12.2 Å². The van der Waals surface area contributed by atoms with E-state index in [1.807, 2.05) is 0 Å². The molecule has 0 heterocycles. The van der Waals surface area contributed by atoms with Gasteiger partial charge in [0.1, 0.15) is 0 Å². The van der Waals surface area contributed by atoms with Gasteiger partial charge in [0.25, 0.3) is 0 Å². The highest BCUT2D eigenvalue weighted by atomic mass is 16.1. The Balaban J connectivity index is 2.24. The molecule has 1 fully saturated rings. The van der Waals surface area contributed by atoms with Gasteiger partial charge in [-0.2, -0.15) is 0 Å². The molecule has 0 saturated heterocycles. The number of rotatable bonds is 0. The van der Waals surface area contributed by atoms with E-state index >= 15 is 0 Å². The fourth-order valence-electron chi connectivity index (χ4n) is 2.24. The predicted molar refractivity (Wildman–Crippen MR) is 47.4 cm³/mol. The molecule has 2 heteroatoms. The molecule has 0 radical (unpaired) electrons. The Labute approximate surface area is 72.2 Å². The fraction of sp³-hybridized carbons (Fsp3) is 0.600. The molecule has 0 atom stereocenters. The highest BCUT2D eigenvalue weighted by molar-refractivity contribution is 6.41. The van der Waals surface area contributed by atoms with Crippen molar-refractivity contribution in [3.63, 3.8) is 0 Å². The summed E-state index contributed by atoms with van der Waals surface area (Å²) in [6.07, 6.45) is 8.60. The standard InChI is InChI=1S/C10H13NO/c11-8-4-3-7-10(9(8)12)5-1-2-6-10/h1-2,11H,3-7H2. The molecule has 1 spiro atoms. The van der Waals surface area contributed by atoms with Gasteiger partial charge in [-0.25, -0.2) is 0 Å². The van der Waals surface area contributed by atoms with E-state index in [9.17, 15) is 4.79 Å². The van der Waals surface area contributed by atoms with Crippen molar-refractivity contribution in [2.24, 2.45) is 5.41 Å². The Bertz CT molecular complexity index is 257. The van der Waals surface area contributed by atoms with Crippen molar-refractivity contribution in [2.45, 2.75) is 32.1 Å². The first kappa shape index (κ1) is 7.71. The Kier molecular flexibility index (Phi) is 1.63. The maximum absolute atomic E-state index is 11.7. The summed E-state index contributed by atoms with van der Waals surface area (Å²) < 4.78 is 0. The van der Waals surface area contributed by atoms with Crippen LogP contribution >= 0.6 is 0 Å². The molecule has 0 aromatic heterocycles. The smallest absolute Gasteiger partial charge is 0.183 e. The summed E-state index contributed by atoms with van der Waals surface area (Å²) in [4.78, 5) is 11.7. The summed E-state index contributed by atoms with van der Waals surface area (Å²) in [5.74, 6) is 0.110. The number of carbonyl (C=O) groups is 1. The Morgan fingerprint density at radius 3 is 2.67 bits per heavy atom. The number of hydrogen-bond acceptors (Lipinski definition) is 2. The van der Waals surface area contributed by atoms with Gasteiger partial charge in [-0.1, -0.05) is 12.2 Å². The van der Waals surface area contributed by atoms with E-state index < -0.39 is 0 Å². The summed E-state index contributed by atoms with van der Waals surface area (Å²) in [6.45, 7) is 0. The zero-order valence-corrected chi connectivity index (χ0v) is 7.10. The minimum absolute atomic E-state index is 0.110. The first-order valence-electron chi connectivity index (χ1n) is 4.52. The van der Waals surface area contributed by atoms with E-state index in [0.717, 1.165) is 25.7 Å². The molecule has 0 aliphatic heterocycles. The molecular formula is C10H13NO. The Morgan fingerprint density at radius 2 is 2.00 bits per heavy atom. The number of carbonyl (C=O) groups excluding carboxylic acids is 1. The third-order valence-corrected chi connectivity index (χ3v) is 3.02. The lowest BCUT2D eigenvalue weighted by Crippen LogP contribution is -2.37. The maximum atomic E-state index is 11.7. The van der Waals surface area contributed by atoms with Crippen LogP contribution in [0.1, 0.15) is 32.1 Å². The molecule has 64 valence electrons.